The standard InChI is InChI=1S/C14H16Cl2N2O3.BrH/c15-3-2-12(10-13(16)11-19)14(20)18-6-1-4-17-5-8-21-9-7-18;/h1-2,4-6,8,10,19H,3,7,9,11H2;1H/b6-1+,8-5+,12-2+,13-10+,17-4+;. The smallest absolute Gasteiger partial charge is 0.257 e. The number of nitrogens with zero attached hydrogens (tertiary/aromatic N) is 1. The molecule has 0 atom stereocenters. The molecule has 0 aromatic carbocycles. The largest absolute Gasteiger partial charge is 1.00 e. The van der Waals surface area contributed by atoms with Gasteiger partial charge in [-0.25, -0.2) is 4.99 Å². The molecular formula is C14H17BrCl2N2O3. The summed E-state index contributed by atoms with van der Waals surface area (Å²) >= 11 is 11.4. The molecule has 0 aromatic heterocycles. The zero-order chi connectivity index (χ0) is 15.5. The van der Waals surface area contributed by atoms with E-state index >= 15 is 0 Å². The summed E-state index contributed by atoms with van der Waals surface area (Å²) in [5.74, 6) is -0.113. The highest BCUT2D eigenvalue weighted by Gasteiger charge is 2.15. The Morgan fingerprint density at radius 2 is 2.27 bits per heavy atom. The molecule has 0 radical (unpaired) electrons. The summed E-state index contributed by atoms with van der Waals surface area (Å²) in [7, 11) is 0. The predicted octanol–water partition coefficient (Wildman–Crippen LogP) is -2.73. The molecule has 1 amide bonds. The number of nitrogens with one attached hydrogen (secondary N) is 1. The normalized spacial score (nSPS) is 20.4. The van der Waals surface area contributed by atoms with Gasteiger partial charge in [0.1, 0.15) is 12.9 Å². The van der Waals surface area contributed by atoms with Gasteiger partial charge < -0.3 is 31.7 Å². The maximum Gasteiger partial charge on any atom is 0.257 e. The molecule has 2 N–H and O–H groups in total. The third-order valence-electron chi connectivity index (χ3n) is 2.44. The number of halogens is 3. The van der Waals surface area contributed by atoms with Crippen molar-refractivity contribution in [1.29, 1.82) is 0 Å². The number of ether oxygens (including phenoxy) is 1. The lowest BCUT2D eigenvalue weighted by Gasteiger charge is -2.18. The molecule has 1 aliphatic heterocycles. The summed E-state index contributed by atoms with van der Waals surface area (Å²) in [5.41, 5.74) is 0.314. The van der Waals surface area contributed by atoms with Crippen LogP contribution in [0, 0.1) is 0 Å². The fourth-order valence-corrected chi connectivity index (χ4v) is 1.76. The topological polar surface area (TPSA) is 63.7 Å². The van der Waals surface area contributed by atoms with Gasteiger partial charge in [-0.05, 0) is 6.08 Å². The van der Waals surface area contributed by atoms with Crippen molar-refractivity contribution in [3.63, 3.8) is 0 Å². The van der Waals surface area contributed by atoms with Crippen molar-refractivity contribution < 1.29 is 36.6 Å². The minimum atomic E-state index is -0.337. The minimum Gasteiger partial charge on any atom is -1.00 e. The van der Waals surface area contributed by atoms with Crippen LogP contribution in [0.15, 0.2) is 47.5 Å². The van der Waals surface area contributed by atoms with Gasteiger partial charge in [-0.3, -0.25) is 4.79 Å². The molecule has 5 nitrogen and oxygen atoms in total. The van der Waals surface area contributed by atoms with Crippen molar-refractivity contribution in [3.8, 4) is 0 Å². The van der Waals surface area contributed by atoms with Crippen LogP contribution < -0.4 is 22.0 Å². The summed E-state index contributed by atoms with van der Waals surface area (Å²) in [4.78, 5) is 16.8. The number of aliphatic hydroxyl groups excluding tert-OH is 1. The molecule has 0 saturated heterocycles. The van der Waals surface area contributed by atoms with Crippen molar-refractivity contribution in [2.24, 2.45) is 0 Å². The van der Waals surface area contributed by atoms with Crippen LogP contribution in [0.5, 0.6) is 0 Å². The van der Waals surface area contributed by atoms with Crippen LogP contribution in [-0.2, 0) is 9.53 Å². The van der Waals surface area contributed by atoms with Gasteiger partial charge >= 0.3 is 0 Å². The Balaban J connectivity index is 0.00000441. The lowest BCUT2D eigenvalue weighted by molar-refractivity contribution is -0.367. The predicted molar refractivity (Wildman–Crippen MR) is 82.8 cm³/mol. The van der Waals surface area contributed by atoms with Gasteiger partial charge in [-0.15, -0.1) is 11.6 Å². The number of hydrogen-bond acceptors (Lipinski definition) is 3. The molecule has 0 unspecified atom stereocenters. The van der Waals surface area contributed by atoms with Gasteiger partial charge in [-0.2, -0.15) is 0 Å². The SMILES string of the molecule is O=C(C(/C=C(/Cl)CO)=C/CCl)N1/C=C/C=[NH+]/C=C/OCC1.[Br-]. The molecule has 22 heavy (non-hydrogen) atoms. The van der Waals surface area contributed by atoms with E-state index in [4.69, 9.17) is 33.0 Å². The maximum atomic E-state index is 12.5. The summed E-state index contributed by atoms with van der Waals surface area (Å²) in [6.07, 6.45) is 11.1. The lowest BCUT2D eigenvalue weighted by atomic mass is 10.2. The van der Waals surface area contributed by atoms with Crippen LogP contribution in [0.4, 0.5) is 0 Å². The number of amides is 1. The van der Waals surface area contributed by atoms with Crippen LogP contribution in [-0.4, -0.2) is 47.8 Å². The van der Waals surface area contributed by atoms with Crippen LogP contribution in [0.25, 0.3) is 0 Å². The van der Waals surface area contributed by atoms with Crippen LogP contribution >= 0.6 is 23.2 Å². The monoisotopic (exact) mass is 410 g/mol. The zero-order valence-electron chi connectivity index (χ0n) is 11.7. The fourth-order valence-electron chi connectivity index (χ4n) is 1.48. The number of allylic oxidation sites excluding steroid dienone is 2. The third kappa shape index (κ3) is 7.79. The van der Waals surface area contributed by atoms with Crippen LogP contribution in [0.3, 0.4) is 0 Å². The average molecular weight is 412 g/mol. The first-order valence-electron chi connectivity index (χ1n) is 6.25. The van der Waals surface area contributed by atoms with E-state index in [0.29, 0.717) is 18.7 Å². The van der Waals surface area contributed by atoms with Crippen molar-refractivity contribution in [1.82, 2.24) is 4.90 Å². The van der Waals surface area contributed by atoms with Gasteiger partial charge in [-0.1, -0.05) is 17.7 Å². The van der Waals surface area contributed by atoms with E-state index in [1.54, 1.807) is 24.7 Å². The second-order valence-corrected chi connectivity index (χ2v) is 4.70. The fraction of sp³-hybridized carbons (Fsp3) is 0.286. The highest BCUT2D eigenvalue weighted by molar-refractivity contribution is 6.30. The molecule has 0 spiro atoms. The van der Waals surface area contributed by atoms with Crippen LogP contribution in [0.2, 0.25) is 0 Å². The highest BCUT2D eigenvalue weighted by Crippen LogP contribution is 2.11. The van der Waals surface area contributed by atoms with E-state index in [1.807, 2.05) is 0 Å². The van der Waals surface area contributed by atoms with Gasteiger partial charge in [0.15, 0.2) is 6.21 Å². The molecule has 0 aromatic rings. The molecular weight excluding hydrogens is 395 g/mol. The van der Waals surface area contributed by atoms with E-state index < -0.39 is 0 Å². The quantitative estimate of drug-likeness (QED) is 0.300. The highest BCUT2D eigenvalue weighted by atomic mass is 79.9. The molecule has 1 heterocycles. The molecule has 0 fully saturated rings. The number of rotatable bonds is 4. The van der Waals surface area contributed by atoms with Crippen molar-refractivity contribution in [2.75, 3.05) is 25.6 Å². The number of alkyl halides is 1. The van der Waals surface area contributed by atoms with E-state index in [2.05, 4.69) is 4.99 Å². The average Bonchev–Trinajstić information content (AvgIpc) is 2.51. The number of hydrogen-bond donors (Lipinski definition) is 2. The second-order valence-electron chi connectivity index (χ2n) is 3.91. The zero-order valence-corrected chi connectivity index (χ0v) is 14.8. The van der Waals surface area contributed by atoms with Crippen molar-refractivity contribution in [3.05, 3.63) is 47.5 Å². The number of aliphatic hydroxyl groups is 1. The third-order valence-corrected chi connectivity index (χ3v) is 2.82. The van der Waals surface area contributed by atoms with Gasteiger partial charge in [0.25, 0.3) is 5.91 Å². The Bertz CT molecular complexity index is 502. The second kappa shape index (κ2) is 12.5. The minimum absolute atomic E-state index is 0. The molecule has 1 aliphatic rings. The number of carbonyl (C=O) groups is 1. The Hall–Kier alpha value is -1.08. The first kappa shape index (κ1) is 20.9. The Kier molecular flexibility index (Phi) is 11.9. The summed E-state index contributed by atoms with van der Waals surface area (Å²) in [6.45, 7) is 0.382. The first-order valence-corrected chi connectivity index (χ1v) is 7.17. The molecule has 122 valence electrons. The Labute approximate surface area is 150 Å². The Morgan fingerprint density at radius 3 is 2.95 bits per heavy atom. The molecule has 1 rings (SSSR count). The van der Waals surface area contributed by atoms with Crippen molar-refractivity contribution >= 4 is 35.3 Å². The summed E-state index contributed by atoms with van der Waals surface area (Å²) in [5, 5.41) is 9.12. The lowest BCUT2D eigenvalue weighted by Crippen LogP contribution is -3.00. The van der Waals surface area contributed by atoms with Gasteiger partial charge in [0.2, 0.25) is 6.20 Å². The number of carbonyl (C=O) groups excluding carboxylic acids is 1. The summed E-state index contributed by atoms with van der Waals surface area (Å²) < 4.78 is 5.21. The van der Waals surface area contributed by atoms with Crippen molar-refractivity contribution in [2.45, 2.75) is 0 Å². The first-order chi connectivity index (χ1) is 10.2. The van der Waals surface area contributed by atoms with Gasteiger partial charge in [0.05, 0.1) is 13.2 Å². The van der Waals surface area contributed by atoms with E-state index in [1.165, 1.54) is 23.3 Å². The molecule has 8 heteroatoms. The van der Waals surface area contributed by atoms with E-state index in [-0.39, 0.29) is 40.4 Å². The summed E-state index contributed by atoms with van der Waals surface area (Å²) in [6, 6.07) is 0. The van der Waals surface area contributed by atoms with E-state index in [9.17, 15) is 4.79 Å². The van der Waals surface area contributed by atoms with Crippen LogP contribution in [0.1, 0.15) is 0 Å². The Morgan fingerprint density at radius 1 is 1.50 bits per heavy atom. The molecule has 0 aliphatic carbocycles. The van der Waals surface area contributed by atoms with E-state index in [0.717, 1.165) is 0 Å². The van der Waals surface area contributed by atoms with Gasteiger partial charge in [0, 0.05) is 28.8 Å². The molecule has 0 saturated carbocycles. The molecule has 0 bridgehead atoms. The maximum absolute atomic E-state index is 12.5.